The van der Waals surface area contributed by atoms with Gasteiger partial charge in [0, 0.05) is 32.1 Å². The Kier molecular flexibility index (Phi) is 7.55. The molecular formula is C17H24FN3O5S. The number of halogens is 1. The highest BCUT2D eigenvalue weighted by molar-refractivity contribution is 7.89. The molecule has 0 aliphatic carbocycles. The average molecular weight is 401 g/mol. The summed E-state index contributed by atoms with van der Waals surface area (Å²) in [5, 5.41) is 5.22. The van der Waals surface area contributed by atoms with Crippen molar-refractivity contribution in [2.75, 3.05) is 32.8 Å². The highest BCUT2D eigenvalue weighted by Gasteiger charge is 2.31. The van der Waals surface area contributed by atoms with Crippen LogP contribution in [-0.2, 0) is 19.6 Å². The van der Waals surface area contributed by atoms with E-state index in [1.807, 2.05) is 0 Å². The van der Waals surface area contributed by atoms with Crippen LogP contribution in [0.15, 0.2) is 29.2 Å². The normalized spacial score (nSPS) is 15.9. The number of hydrogen-bond donors (Lipinski definition) is 2. The second-order valence-corrected chi connectivity index (χ2v) is 8.01. The maximum Gasteiger partial charge on any atom is 0.407 e. The summed E-state index contributed by atoms with van der Waals surface area (Å²) in [6.45, 7) is 2.94. The topological polar surface area (TPSA) is 105 Å². The van der Waals surface area contributed by atoms with E-state index in [2.05, 4.69) is 10.6 Å². The third-order valence-corrected chi connectivity index (χ3v) is 6.16. The van der Waals surface area contributed by atoms with Crippen LogP contribution in [-0.4, -0.2) is 57.5 Å². The number of carbonyl (C=O) groups excluding carboxylic acids is 2. The first-order chi connectivity index (χ1) is 12.8. The van der Waals surface area contributed by atoms with Crippen LogP contribution in [0.5, 0.6) is 0 Å². The lowest BCUT2D eigenvalue weighted by Crippen LogP contribution is -2.44. The number of alkyl carbamates (subject to hydrolysis) is 1. The van der Waals surface area contributed by atoms with Crippen molar-refractivity contribution < 1.29 is 27.1 Å². The first kappa shape index (κ1) is 21.1. The van der Waals surface area contributed by atoms with Gasteiger partial charge >= 0.3 is 6.09 Å². The zero-order valence-electron chi connectivity index (χ0n) is 15.1. The fraction of sp³-hybridized carbons (Fsp3) is 0.529. The second-order valence-electron chi connectivity index (χ2n) is 6.07. The molecular weight excluding hydrogens is 377 g/mol. The van der Waals surface area contributed by atoms with Gasteiger partial charge in [-0.15, -0.1) is 0 Å². The molecule has 0 saturated carbocycles. The molecule has 2 N–H and O–H groups in total. The number of hydrogen-bond acceptors (Lipinski definition) is 5. The van der Waals surface area contributed by atoms with Gasteiger partial charge in [-0.3, -0.25) is 4.79 Å². The van der Waals surface area contributed by atoms with Gasteiger partial charge in [0.05, 0.1) is 11.5 Å². The van der Waals surface area contributed by atoms with E-state index in [1.165, 1.54) is 16.4 Å². The Bertz CT molecular complexity index is 746. The Hall–Kier alpha value is -2.20. The van der Waals surface area contributed by atoms with Crippen molar-refractivity contribution >= 4 is 22.0 Å². The Morgan fingerprint density at radius 1 is 1.15 bits per heavy atom. The van der Waals surface area contributed by atoms with Crippen molar-refractivity contribution in [2.24, 2.45) is 5.92 Å². The summed E-state index contributed by atoms with van der Waals surface area (Å²) >= 11 is 0. The van der Waals surface area contributed by atoms with Crippen LogP contribution in [0.4, 0.5) is 9.18 Å². The zero-order chi connectivity index (χ0) is 19.9. The first-order valence-electron chi connectivity index (χ1n) is 8.78. The van der Waals surface area contributed by atoms with E-state index in [4.69, 9.17) is 4.74 Å². The molecule has 1 aromatic carbocycles. The maximum absolute atomic E-state index is 13.0. The van der Waals surface area contributed by atoms with Crippen LogP contribution in [0.1, 0.15) is 19.8 Å². The minimum atomic E-state index is -3.69. The SMILES string of the molecule is CCOC(=O)NCCNC(=O)C1CCN(S(=O)(=O)c2ccc(F)cc2)CC1. The summed E-state index contributed by atoms with van der Waals surface area (Å²) in [6.07, 6.45) is 0.265. The van der Waals surface area contributed by atoms with Gasteiger partial charge in [-0.1, -0.05) is 0 Å². The van der Waals surface area contributed by atoms with Gasteiger partial charge in [-0.25, -0.2) is 17.6 Å². The van der Waals surface area contributed by atoms with E-state index in [1.54, 1.807) is 6.92 Å². The molecule has 1 aromatic rings. The Balaban J connectivity index is 1.78. The van der Waals surface area contributed by atoms with Crippen molar-refractivity contribution in [3.63, 3.8) is 0 Å². The molecule has 0 aromatic heterocycles. The van der Waals surface area contributed by atoms with Crippen LogP contribution in [0.2, 0.25) is 0 Å². The van der Waals surface area contributed by atoms with Crippen molar-refractivity contribution in [1.29, 1.82) is 0 Å². The third-order valence-electron chi connectivity index (χ3n) is 4.25. The smallest absolute Gasteiger partial charge is 0.407 e. The van der Waals surface area contributed by atoms with E-state index in [-0.39, 0.29) is 49.5 Å². The van der Waals surface area contributed by atoms with Gasteiger partial charge in [-0.05, 0) is 44.0 Å². The van der Waals surface area contributed by atoms with Crippen LogP contribution < -0.4 is 10.6 Å². The minimum Gasteiger partial charge on any atom is -0.450 e. The zero-order valence-corrected chi connectivity index (χ0v) is 15.9. The number of ether oxygens (including phenoxy) is 1. The van der Waals surface area contributed by atoms with E-state index < -0.39 is 21.9 Å². The Morgan fingerprint density at radius 3 is 2.33 bits per heavy atom. The number of amides is 2. The number of nitrogens with one attached hydrogen (secondary N) is 2. The number of carbonyl (C=O) groups is 2. The van der Waals surface area contributed by atoms with Crippen LogP contribution in [0.3, 0.4) is 0 Å². The number of piperidine rings is 1. The fourth-order valence-electron chi connectivity index (χ4n) is 2.79. The van der Waals surface area contributed by atoms with Crippen molar-refractivity contribution in [3.8, 4) is 0 Å². The van der Waals surface area contributed by atoms with Crippen LogP contribution >= 0.6 is 0 Å². The monoisotopic (exact) mass is 401 g/mol. The number of benzene rings is 1. The predicted molar refractivity (Wildman–Crippen MR) is 95.9 cm³/mol. The van der Waals surface area contributed by atoms with Crippen LogP contribution in [0, 0.1) is 11.7 Å². The predicted octanol–water partition coefficient (Wildman–Crippen LogP) is 1.09. The highest BCUT2D eigenvalue weighted by Crippen LogP contribution is 2.24. The quantitative estimate of drug-likeness (QED) is 0.666. The standard InChI is InChI=1S/C17H24FN3O5S/c1-2-26-17(23)20-10-9-19-16(22)13-7-11-21(12-8-13)27(24,25)15-5-3-14(18)4-6-15/h3-6,13H,2,7-12H2,1H3,(H,19,22)(H,20,23). The molecule has 0 radical (unpaired) electrons. The molecule has 1 heterocycles. The average Bonchev–Trinajstić information content (AvgIpc) is 2.66. The van der Waals surface area contributed by atoms with Gasteiger partial charge < -0.3 is 15.4 Å². The summed E-state index contributed by atoms with van der Waals surface area (Å²) in [7, 11) is -3.69. The van der Waals surface area contributed by atoms with Crippen molar-refractivity contribution in [1.82, 2.24) is 14.9 Å². The van der Waals surface area contributed by atoms with E-state index in [0.717, 1.165) is 12.1 Å². The molecule has 1 aliphatic rings. The summed E-state index contributed by atoms with van der Waals surface area (Å²) in [6, 6.07) is 4.69. The molecule has 0 atom stereocenters. The van der Waals surface area contributed by atoms with Gasteiger partial charge in [0.1, 0.15) is 5.82 Å². The lowest BCUT2D eigenvalue weighted by molar-refractivity contribution is -0.126. The van der Waals surface area contributed by atoms with Gasteiger partial charge in [-0.2, -0.15) is 4.31 Å². The maximum atomic E-state index is 13.0. The Labute approximate surface area is 158 Å². The molecule has 1 aliphatic heterocycles. The Morgan fingerprint density at radius 2 is 1.74 bits per heavy atom. The molecule has 1 fully saturated rings. The molecule has 150 valence electrons. The molecule has 10 heteroatoms. The van der Waals surface area contributed by atoms with E-state index in [9.17, 15) is 22.4 Å². The summed E-state index contributed by atoms with van der Waals surface area (Å²) in [5.74, 6) is -0.950. The second kappa shape index (κ2) is 9.65. The molecule has 2 rings (SSSR count). The summed E-state index contributed by atoms with van der Waals surface area (Å²) in [5.41, 5.74) is 0. The number of rotatable bonds is 7. The molecule has 8 nitrogen and oxygen atoms in total. The fourth-order valence-corrected chi connectivity index (χ4v) is 4.26. The van der Waals surface area contributed by atoms with E-state index >= 15 is 0 Å². The van der Waals surface area contributed by atoms with Gasteiger partial charge in [0.25, 0.3) is 0 Å². The molecule has 0 unspecified atom stereocenters. The minimum absolute atomic E-state index is 0.0387. The van der Waals surface area contributed by atoms with Crippen molar-refractivity contribution in [3.05, 3.63) is 30.1 Å². The molecule has 27 heavy (non-hydrogen) atoms. The summed E-state index contributed by atoms with van der Waals surface area (Å²) < 4.78 is 44.1. The van der Waals surface area contributed by atoms with Gasteiger partial charge in [0.2, 0.25) is 15.9 Å². The molecule has 2 amide bonds. The molecule has 0 spiro atoms. The van der Waals surface area contributed by atoms with Crippen molar-refractivity contribution in [2.45, 2.75) is 24.7 Å². The molecule has 0 bridgehead atoms. The van der Waals surface area contributed by atoms with Crippen LogP contribution in [0.25, 0.3) is 0 Å². The lowest BCUT2D eigenvalue weighted by Gasteiger charge is -2.30. The largest absolute Gasteiger partial charge is 0.450 e. The molecule has 1 saturated heterocycles. The summed E-state index contributed by atoms with van der Waals surface area (Å²) in [4.78, 5) is 23.3. The van der Waals surface area contributed by atoms with Gasteiger partial charge in [0.15, 0.2) is 0 Å². The highest BCUT2D eigenvalue weighted by atomic mass is 32.2. The van der Waals surface area contributed by atoms with E-state index in [0.29, 0.717) is 12.8 Å². The lowest BCUT2D eigenvalue weighted by atomic mass is 9.97. The first-order valence-corrected chi connectivity index (χ1v) is 10.2. The third kappa shape index (κ3) is 5.90. The number of nitrogens with zero attached hydrogens (tertiary/aromatic N) is 1. The number of sulfonamides is 1.